The number of hydrogen-bond donors (Lipinski definition) is 2. The number of nitrogens with zero attached hydrogens (tertiary/aromatic N) is 1. The van der Waals surface area contributed by atoms with Gasteiger partial charge < -0.3 is 10.4 Å². The molecule has 0 aromatic carbocycles. The standard InChI is InChI=1S/C12H16N2O3/c1-12(11(16)17,10(15)13-2)6-3-9-4-7-14-8-5-9/h4-5,7-8H,3,6H2,1-2H3,(H,13,15)(H,16,17). The summed E-state index contributed by atoms with van der Waals surface area (Å²) in [4.78, 5) is 26.6. The molecule has 17 heavy (non-hydrogen) atoms. The largest absolute Gasteiger partial charge is 0.480 e. The van der Waals surface area contributed by atoms with Gasteiger partial charge >= 0.3 is 5.97 Å². The third-order valence-electron chi connectivity index (χ3n) is 2.86. The van der Waals surface area contributed by atoms with Crippen LogP contribution < -0.4 is 5.32 Å². The fourth-order valence-corrected chi connectivity index (χ4v) is 1.54. The van der Waals surface area contributed by atoms with Gasteiger partial charge in [-0.05, 0) is 37.5 Å². The SMILES string of the molecule is CNC(=O)C(C)(CCc1ccncc1)C(=O)O. The topological polar surface area (TPSA) is 79.3 Å². The number of amides is 1. The van der Waals surface area contributed by atoms with Crippen molar-refractivity contribution in [2.45, 2.75) is 19.8 Å². The molecule has 5 nitrogen and oxygen atoms in total. The smallest absolute Gasteiger partial charge is 0.318 e. The number of carbonyl (C=O) groups is 2. The molecule has 0 aliphatic rings. The summed E-state index contributed by atoms with van der Waals surface area (Å²) in [6.07, 6.45) is 4.07. The van der Waals surface area contributed by atoms with Gasteiger partial charge in [-0.25, -0.2) is 0 Å². The van der Waals surface area contributed by atoms with Crippen LogP contribution in [0.1, 0.15) is 18.9 Å². The molecule has 1 aromatic rings. The molecule has 1 unspecified atom stereocenters. The number of nitrogens with one attached hydrogen (secondary N) is 1. The third kappa shape index (κ3) is 3.03. The molecule has 0 aliphatic heterocycles. The van der Waals surface area contributed by atoms with Crippen LogP contribution in [-0.2, 0) is 16.0 Å². The molecule has 2 N–H and O–H groups in total. The van der Waals surface area contributed by atoms with Gasteiger partial charge in [0, 0.05) is 19.4 Å². The molecule has 0 saturated heterocycles. The lowest BCUT2D eigenvalue weighted by molar-refractivity contribution is -0.154. The maximum atomic E-state index is 11.6. The van der Waals surface area contributed by atoms with Crippen LogP contribution in [-0.4, -0.2) is 29.0 Å². The molecule has 1 atom stereocenters. The van der Waals surface area contributed by atoms with E-state index < -0.39 is 17.3 Å². The van der Waals surface area contributed by atoms with Crippen molar-refractivity contribution in [3.05, 3.63) is 30.1 Å². The molecule has 0 fully saturated rings. The second-order valence-corrected chi connectivity index (χ2v) is 4.07. The summed E-state index contributed by atoms with van der Waals surface area (Å²) in [5.74, 6) is -1.58. The Labute approximate surface area is 99.9 Å². The normalized spacial score (nSPS) is 13.8. The van der Waals surface area contributed by atoms with Crippen LogP contribution in [0.2, 0.25) is 0 Å². The third-order valence-corrected chi connectivity index (χ3v) is 2.86. The summed E-state index contributed by atoms with van der Waals surface area (Å²) in [5.41, 5.74) is -0.422. The Morgan fingerprint density at radius 1 is 1.41 bits per heavy atom. The molecule has 1 amide bonds. The van der Waals surface area contributed by atoms with Crippen LogP contribution in [0, 0.1) is 5.41 Å². The quantitative estimate of drug-likeness (QED) is 0.743. The maximum absolute atomic E-state index is 11.6. The number of carboxylic acids is 1. The number of pyridine rings is 1. The summed E-state index contributed by atoms with van der Waals surface area (Å²) in [6.45, 7) is 1.44. The molecule has 0 aliphatic carbocycles. The van der Waals surface area contributed by atoms with Gasteiger partial charge in [0.25, 0.3) is 0 Å². The van der Waals surface area contributed by atoms with Gasteiger partial charge in [0.05, 0.1) is 0 Å². The van der Waals surface area contributed by atoms with Crippen molar-refractivity contribution in [3.63, 3.8) is 0 Å². The van der Waals surface area contributed by atoms with Gasteiger partial charge in [-0.2, -0.15) is 0 Å². The highest BCUT2D eigenvalue weighted by molar-refractivity contribution is 6.01. The Bertz CT molecular complexity index is 405. The minimum absolute atomic E-state index is 0.256. The van der Waals surface area contributed by atoms with Crippen LogP contribution in [0.15, 0.2) is 24.5 Å². The van der Waals surface area contributed by atoms with Crippen molar-refractivity contribution >= 4 is 11.9 Å². The molecule has 1 heterocycles. The van der Waals surface area contributed by atoms with Gasteiger partial charge in [0.1, 0.15) is 5.41 Å². The van der Waals surface area contributed by atoms with Crippen molar-refractivity contribution in [2.75, 3.05) is 7.05 Å². The van der Waals surface area contributed by atoms with E-state index in [1.165, 1.54) is 14.0 Å². The van der Waals surface area contributed by atoms with Gasteiger partial charge in [0.15, 0.2) is 0 Å². The van der Waals surface area contributed by atoms with Gasteiger partial charge in [-0.1, -0.05) is 0 Å². The highest BCUT2D eigenvalue weighted by atomic mass is 16.4. The minimum atomic E-state index is -1.39. The van der Waals surface area contributed by atoms with E-state index in [0.717, 1.165) is 5.56 Å². The van der Waals surface area contributed by atoms with E-state index in [-0.39, 0.29) is 6.42 Å². The van der Waals surface area contributed by atoms with Crippen LogP contribution >= 0.6 is 0 Å². The fraction of sp³-hybridized carbons (Fsp3) is 0.417. The first-order valence-electron chi connectivity index (χ1n) is 5.35. The van der Waals surface area contributed by atoms with E-state index in [1.807, 2.05) is 12.1 Å². The van der Waals surface area contributed by atoms with Crippen LogP contribution in [0.4, 0.5) is 0 Å². The Kier molecular flexibility index (Phi) is 4.20. The Morgan fingerprint density at radius 3 is 2.47 bits per heavy atom. The van der Waals surface area contributed by atoms with Crippen LogP contribution in [0.25, 0.3) is 0 Å². The zero-order valence-electron chi connectivity index (χ0n) is 9.93. The second kappa shape index (κ2) is 5.43. The van der Waals surface area contributed by atoms with Gasteiger partial charge in [0.2, 0.25) is 5.91 Å². The first-order chi connectivity index (χ1) is 8.00. The molecule has 1 aromatic heterocycles. The number of aromatic nitrogens is 1. The van der Waals surface area contributed by atoms with E-state index in [0.29, 0.717) is 6.42 Å². The molecule has 5 heteroatoms. The molecule has 1 rings (SSSR count). The lowest BCUT2D eigenvalue weighted by atomic mass is 9.83. The first kappa shape index (κ1) is 13.2. The number of rotatable bonds is 5. The number of aliphatic carboxylic acids is 1. The molecule has 0 spiro atoms. The van der Waals surface area contributed by atoms with Crippen molar-refractivity contribution in [1.29, 1.82) is 0 Å². The van der Waals surface area contributed by atoms with E-state index >= 15 is 0 Å². The van der Waals surface area contributed by atoms with Gasteiger partial charge in [-0.3, -0.25) is 14.6 Å². The van der Waals surface area contributed by atoms with Crippen molar-refractivity contribution < 1.29 is 14.7 Å². The minimum Gasteiger partial charge on any atom is -0.480 e. The molecule has 0 radical (unpaired) electrons. The highest BCUT2D eigenvalue weighted by Gasteiger charge is 2.40. The average Bonchev–Trinajstić information content (AvgIpc) is 2.35. The molecule has 92 valence electrons. The molecule has 0 bridgehead atoms. The number of aryl methyl sites for hydroxylation is 1. The van der Waals surface area contributed by atoms with Crippen molar-refractivity contribution in [3.8, 4) is 0 Å². The average molecular weight is 236 g/mol. The van der Waals surface area contributed by atoms with E-state index in [4.69, 9.17) is 5.11 Å². The Balaban J connectivity index is 2.76. The number of carboxylic acid groups (broad SMARTS) is 1. The van der Waals surface area contributed by atoms with Crippen molar-refractivity contribution in [1.82, 2.24) is 10.3 Å². The lowest BCUT2D eigenvalue weighted by Gasteiger charge is -2.22. The van der Waals surface area contributed by atoms with Crippen molar-refractivity contribution in [2.24, 2.45) is 5.41 Å². The Morgan fingerprint density at radius 2 is 2.00 bits per heavy atom. The summed E-state index contributed by atoms with van der Waals surface area (Å²) in [6, 6.07) is 3.62. The van der Waals surface area contributed by atoms with Gasteiger partial charge in [-0.15, -0.1) is 0 Å². The molecule has 0 saturated carbocycles. The number of carbonyl (C=O) groups excluding carboxylic acids is 1. The van der Waals surface area contributed by atoms with E-state index in [9.17, 15) is 9.59 Å². The Hall–Kier alpha value is -1.91. The summed E-state index contributed by atoms with van der Waals surface area (Å²) in [5, 5.41) is 11.5. The molecular weight excluding hydrogens is 220 g/mol. The zero-order valence-corrected chi connectivity index (χ0v) is 9.93. The number of hydrogen-bond acceptors (Lipinski definition) is 3. The summed E-state index contributed by atoms with van der Waals surface area (Å²) in [7, 11) is 1.44. The second-order valence-electron chi connectivity index (χ2n) is 4.07. The predicted molar refractivity (Wildman–Crippen MR) is 62.4 cm³/mol. The van der Waals surface area contributed by atoms with E-state index in [1.54, 1.807) is 12.4 Å². The molecular formula is C12H16N2O3. The zero-order chi connectivity index (χ0) is 12.9. The maximum Gasteiger partial charge on any atom is 0.318 e. The summed E-state index contributed by atoms with van der Waals surface area (Å²) >= 11 is 0. The van der Waals surface area contributed by atoms with Crippen LogP contribution in [0.5, 0.6) is 0 Å². The monoisotopic (exact) mass is 236 g/mol. The fourth-order valence-electron chi connectivity index (χ4n) is 1.54. The first-order valence-corrected chi connectivity index (χ1v) is 5.35. The lowest BCUT2D eigenvalue weighted by Crippen LogP contribution is -2.43. The predicted octanol–water partition coefficient (Wildman–Crippen LogP) is 0.851. The summed E-state index contributed by atoms with van der Waals surface area (Å²) < 4.78 is 0. The van der Waals surface area contributed by atoms with E-state index in [2.05, 4.69) is 10.3 Å². The van der Waals surface area contributed by atoms with Crippen LogP contribution in [0.3, 0.4) is 0 Å². The highest BCUT2D eigenvalue weighted by Crippen LogP contribution is 2.24.